The van der Waals surface area contributed by atoms with Crippen LogP contribution in [0.25, 0.3) is 0 Å². The standard InChI is InChI=1S/C15H18F3N5/c1-9-6-10(12-7-13(19)22-21-12)4-5-23(9)14-3-2-11(8-20-14)15(16,17)18/h2-3,7-10H,4-6H2,1H3,(H3,19,21,22)/t9-,10-/m1/s1. The average molecular weight is 325 g/mol. The second-order valence-electron chi connectivity index (χ2n) is 5.91. The Morgan fingerprint density at radius 3 is 2.65 bits per heavy atom. The van der Waals surface area contributed by atoms with Crippen LogP contribution in [0.2, 0.25) is 0 Å². The fourth-order valence-corrected chi connectivity index (χ4v) is 3.08. The van der Waals surface area contributed by atoms with Gasteiger partial charge in [-0.25, -0.2) is 4.98 Å². The fourth-order valence-electron chi connectivity index (χ4n) is 3.08. The SMILES string of the molecule is C[C@@H]1C[C@H](c2cc(N)n[nH]2)CCN1c1ccc(C(F)(F)F)cn1. The number of rotatable bonds is 2. The van der Waals surface area contributed by atoms with Crippen molar-refractivity contribution in [1.82, 2.24) is 15.2 Å². The predicted octanol–water partition coefficient (Wildman–Crippen LogP) is 3.18. The Morgan fingerprint density at radius 1 is 1.35 bits per heavy atom. The van der Waals surface area contributed by atoms with Gasteiger partial charge in [0.05, 0.1) is 5.56 Å². The molecule has 0 radical (unpaired) electrons. The van der Waals surface area contributed by atoms with Crippen LogP contribution in [0.3, 0.4) is 0 Å². The van der Waals surface area contributed by atoms with Crippen molar-refractivity contribution in [2.75, 3.05) is 17.2 Å². The molecule has 0 bridgehead atoms. The molecule has 1 aliphatic rings. The number of hydrogen-bond donors (Lipinski definition) is 2. The predicted molar refractivity (Wildman–Crippen MR) is 81.0 cm³/mol. The van der Waals surface area contributed by atoms with Gasteiger partial charge in [0.15, 0.2) is 0 Å². The van der Waals surface area contributed by atoms with Crippen LogP contribution < -0.4 is 10.6 Å². The topological polar surface area (TPSA) is 70.8 Å². The molecule has 0 spiro atoms. The van der Waals surface area contributed by atoms with E-state index < -0.39 is 11.7 Å². The minimum absolute atomic E-state index is 0.169. The summed E-state index contributed by atoms with van der Waals surface area (Å²) in [5.41, 5.74) is 5.92. The lowest BCUT2D eigenvalue weighted by Gasteiger charge is -2.38. The van der Waals surface area contributed by atoms with E-state index in [1.54, 1.807) is 0 Å². The van der Waals surface area contributed by atoms with Crippen molar-refractivity contribution in [3.63, 3.8) is 0 Å². The van der Waals surface area contributed by atoms with Crippen molar-refractivity contribution in [3.05, 3.63) is 35.7 Å². The highest BCUT2D eigenvalue weighted by atomic mass is 19.4. The largest absolute Gasteiger partial charge is 0.417 e. The molecule has 2 aromatic rings. The number of nitrogens with two attached hydrogens (primary N) is 1. The Bertz CT molecular complexity index is 664. The summed E-state index contributed by atoms with van der Waals surface area (Å²) in [5, 5.41) is 6.89. The number of H-pyrrole nitrogens is 1. The fraction of sp³-hybridized carbons (Fsp3) is 0.467. The molecule has 0 aliphatic carbocycles. The van der Waals surface area contributed by atoms with Gasteiger partial charge in [0, 0.05) is 36.5 Å². The van der Waals surface area contributed by atoms with E-state index >= 15 is 0 Å². The number of hydrogen-bond acceptors (Lipinski definition) is 4. The molecule has 8 heteroatoms. The first-order valence-corrected chi connectivity index (χ1v) is 7.45. The molecule has 1 aliphatic heterocycles. The quantitative estimate of drug-likeness (QED) is 0.890. The monoisotopic (exact) mass is 325 g/mol. The lowest BCUT2D eigenvalue weighted by molar-refractivity contribution is -0.137. The first kappa shape index (κ1) is 15.6. The number of alkyl halides is 3. The molecule has 0 unspecified atom stereocenters. The number of nitrogen functional groups attached to an aromatic ring is 1. The van der Waals surface area contributed by atoms with Gasteiger partial charge in [-0.05, 0) is 31.9 Å². The Morgan fingerprint density at radius 2 is 2.13 bits per heavy atom. The molecule has 3 N–H and O–H groups in total. The summed E-state index contributed by atoms with van der Waals surface area (Å²) in [5.74, 6) is 1.37. The second-order valence-corrected chi connectivity index (χ2v) is 5.91. The molecule has 5 nitrogen and oxygen atoms in total. The van der Waals surface area contributed by atoms with E-state index in [4.69, 9.17) is 5.73 Å². The molecular weight excluding hydrogens is 307 g/mol. The van der Waals surface area contributed by atoms with Crippen LogP contribution in [0.15, 0.2) is 24.4 Å². The lowest BCUT2D eigenvalue weighted by Crippen LogP contribution is -2.40. The highest BCUT2D eigenvalue weighted by Gasteiger charge is 2.32. The molecule has 0 aromatic carbocycles. The third kappa shape index (κ3) is 3.25. The van der Waals surface area contributed by atoms with E-state index in [0.717, 1.165) is 37.3 Å². The maximum atomic E-state index is 12.6. The van der Waals surface area contributed by atoms with Crippen LogP contribution in [-0.4, -0.2) is 27.8 Å². The van der Waals surface area contributed by atoms with Gasteiger partial charge in [-0.15, -0.1) is 0 Å². The van der Waals surface area contributed by atoms with E-state index in [1.165, 1.54) is 6.07 Å². The Balaban J connectivity index is 1.71. The van der Waals surface area contributed by atoms with Crippen molar-refractivity contribution in [3.8, 4) is 0 Å². The summed E-state index contributed by atoms with van der Waals surface area (Å²) in [6.07, 6.45) is -1.73. The van der Waals surface area contributed by atoms with Gasteiger partial charge >= 0.3 is 6.18 Å². The smallest absolute Gasteiger partial charge is 0.382 e. The van der Waals surface area contributed by atoms with Gasteiger partial charge in [0.1, 0.15) is 11.6 Å². The number of piperidine rings is 1. The zero-order chi connectivity index (χ0) is 16.6. The van der Waals surface area contributed by atoms with Gasteiger partial charge in [0.25, 0.3) is 0 Å². The lowest BCUT2D eigenvalue weighted by atomic mass is 9.89. The van der Waals surface area contributed by atoms with E-state index in [9.17, 15) is 13.2 Å². The van der Waals surface area contributed by atoms with E-state index in [0.29, 0.717) is 17.6 Å². The highest BCUT2D eigenvalue weighted by molar-refractivity contribution is 5.42. The van der Waals surface area contributed by atoms with Gasteiger partial charge < -0.3 is 10.6 Å². The summed E-state index contributed by atoms with van der Waals surface area (Å²) in [6.45, 7) is 2.77. The highest BCUT2D eigenvalue weighted by Crippen LogP contribution is 2.34. The average Bonchev–Trinajstić information content (AvgIpc) is 2.93. The van der Waals surface area contributed by atoms with E-state index in [1.807, 2.05) is 17.9 Å². The molecule has 124 valence electrons. The molecule has 3 heterocycles. The summed E-state index contributed by atoms with van der Waals surface area (Å²) in [6, 6.07) is 4.52. The van der Waals surface area contributed by atoms with E-state index in [-0.39, 0.29) is 6.04 Å². The van der Waals surface area contributed by atoms with Gasteiger partial charge in [-0.3, -0.25) is 5.10 Å². The molecule has 0 amide bonds. The molecule has 1 saturated heterocycles. The number of aromatic amines is 1. The molecule has 2 aromatic heterocycles. The summed E-state index contributed by atoms with van der Waals surface area (Å²) in [4.78, 5) is 6.02. The van der Waals surface area contributed by atoms with Crippen LogP contribution in [0.1, 0.15) is 36.9 Å². The number of nitrogens with zero attached hydrogens (tertiary/aromatic N) is 3. The van der Waals surface area contributed by atoms with Crippen molar-refractivity contribution in [2.45, 2.75) is 37.9 Å². The molecule has 2 atom stereocenters. The number of nitrogens with one attached hydrogen (secondary N) is 1. The molecule has 0 saturated carbocycles. The van der Waals surface area contributed by atoms with Crippen LogP contribution in [0.4, 0.5) is 24.8 Å². The maximum Gasteiger partial charge on any atom is 0.417 e. The summed E-state index contributed by atoms with van der Waals surface area (Å²) in [7, 11) is 0. The van der Waals surface area contributed by atoms with Crippen molar-refractivity contribution in [1.29, 1.82) is 0 Å². The van der Waals surface area contributed by atoms with Crippen LogP contribution in [-0.2, 0) is 6.18 Å². The first-order valence-electron chi connectivity index (χ1n) is 7.45. The molecule has 3 rings (SSSR count). The first-order chi connectivity index (χ1) is 10.8. The Kier molecular flexibility index (Phi) is 3.91. The van der Waals surface area contributed by atoms with Crippen molar-refractivity contribution in [2.24, 2.45) is 0 Å². The molecule has 23 heavy (non-hydrogen) atoms. The summed E-state index contributed by atoms with van der Waals surface area (Å²) < 4.78 is 37.8. The number of aromatic nitrogens is 3. The third-order valence-electron chi connectivity index (χ3n) is 4.30. The number of anilines is 2. The minimum atomic E-state index is -4.36. The van der Waals surface area contributed by atoms with Crippen LogP contribution in [0, 0.1) is 0 Å². The normalized spacial score (nSPS) is 22.3. The maximum absolute atomic E-state index is 12.6. The Hall–Kier alpha value is -2.25. The molecule has 1 fully saturated rings. The minimum Gasteiger partial charge on any atom is -0.382 e. The van der Waals surface area contributed by atoms with Gasteiger partial charge in [-0.1, -0.05) is 0 Å². The van der Waals surface area contributed by atoms with E-state index in [2.05, 4.69) is 15.2 Å². The van der Waals surface area contributed by atoms with Gasteiger partial charge in [-0.2, -0.15) is 18.3 Å². The summed E-state index contributed by atoms with van der Waals surface area (Å²) >= 11 is 0. The second kappa shape index (κ2) is 5.75. The zero-order valence-electron chi connectivity index (χ0n) is 12.6. The van der Waals surface area contributed by atoms with Gasteiger partial charge in [0.2, 0.25) is 0 Å². The number of pyridine rings is 1. The van der Waals surface area contributed by atoms with Crippen molar-refractivity contribution < 1.29 is 13.2 Å². The van der Waals surface area contributed by atoms with Crippen LogP contribution in [0.5, 0.6) is 0 Å². The Labute approximate surface area is 131 Å². The number of halogens is 3. The van der Waals surface area contributed by atoms with Crippen molar-refractivity contribution >= 4 is 11.6 Å². The molecular formula is C15H18F3N5. The zero-order valence-corrected chi connectivity index (χ0v) is 12.6. The van der Waals surface area contributed by atoms with Crippen LogP contribution >= 0.6 is 0 Å². The third-order valence-corrected chi connectivity index (χ3v) is 4.30.